The fourth-order valence-corrected chi connectivity index (χ4v) is 1.38. The molecule has 0 atom stereocenters. The first-order valence-corrected chi connectivity index (χ1v) is 4.36. The molecule has 0 unspecified atom stereocenters. The zero-order chi connectivity index (χ0) is 9.26. The zero-order valence-corrected chi connectivity index (χ0v) is 7.97. The number of rotatable bonds is 1. The van der Waals surface area contributed by atoms with Crippen LogP contribution in [0.2, 0.25) is 5.02 Å². The largest absolute Gasteiger partial charge is 0.309 e. The maximum atomic E-state index is 5.79. The van der Waals surface area contributed by atoms with Gasteiger partial charge in [-0.05, 0) is 12.1 Å². The molecule has 0 amide bonds. The highest BCUT2D eigenvalue weighted by atomic mass is 35.5. The Balaban J connectivity index is 2.30. The molecule has 1 heterocycles. The Morgan fingerprint density at radius 2 is 1.92 bits per heavy atom. The van der Waals surface area contributed by atoms with Crippen molar-refractivity contribution >= 4 is 17.3 Å². The Morgan fingerprint density at radius 3 is 2.46 bits per heavy atom. The van der Waals surface area contributed by atoms with Crippen LogP contribution in [-0.2, 0) is 0 Å². The summed E-state index contributed by atoms with van der Waals surface area (Å²) in [6.45, 7) is 0. The highest BCUT2D eigenvalue weighted by Crippen LogP contribution is 2.19. The van der Waals surface area contributed by atoms with Crippen LogP contribution in [0, 0.1) is 0 Å². The van der Waals surface area contributed by atoms with Gasteiger partial charge in [0.25, 0.3) is 0 Å². The maximum absolute atomic E-state index is 5.79. The zero-order valence-electron chi connectivity index (χ0n) is 7.21. The summed E-state index contributed by atoms with van der Waals surface area (Å²) >= 11 is 5.79. The first kappa shape index (κ1) is 8.41. The van der Waals surface area contributed by atoms with Gasteiger partial charge in [-0.15, -0.1) is 5.53 Å². The van der Waals surface area contributed by atoms with E-state index in [2.05, 4.69) is 11.0 Å². The number of nitrogens with one attached hydrogen (secondary N) is 2. The van der Waals surface area contributed by atoms with E-state index in [4.69, 9.17) is 11.6 Å². The van der Waals surface area contributed by atoms with Crippen molar-refractivity contribution < 1.29 is 0 Å². The van der Waals surface area contributed by atoms with Gasteiger partial charge < -0.3 is 5.43 Å². The predicted molar refractivity (Wildman–Crippen MR) is 53.5 cm³/mol. The molecule has 0 spiro atoms. The lowest BCUT2D eigenvalue weighted by atomic mass is 10.2. The molecule has 1 aromatic carbocycles. The monoisotopic (exact) mass is 195 g/mol. The van der Waals surface area contributed by atoms with Gasteiger partial charge in [-0.3, -0.25) is 5.01 Å². The van der Waals surface area contributed by atoms with Crippen molar-refractivity contribution in [2.75, 3.05) is 7.05 Å². The quantitative estimate of drug-likeness (QED) is 0.713. The summed E-state index contributed by atoms with van der Waals surface area (Å²) in [6.07, 6.45) is 1.91. The van der Waals surface area contributed by atoms with Gasteiger partial charge in [0.15, 0.2) is 0 Å². The molecule has 0 aliphatic carbocycles. The van der Waals surface area contributed by atoms with E-state index in [0.29, 0.717) is 0 Å². The molecule has 0 saturated carbocycles. The van der Waals surface area contributed by atoms with Crippen LogP contribution in [0.1, 0.15) is 5.56 Å². The van der Waals surface area contributed by atoms with Gasteiger partial charge in [-0.25, -0.2) is 0 Å². The van der Waals surface area contributed by atoms with Crippen LogP contribution in [0.25, 0.3) is 5.70 Å². The van der Waals surface area contributed by atoms with Gasteiger partial charge in [-0.2, -0.15) is 0 Å². The van der Waals surface area contributed by atoms with Crippen molar-refractivity contribution in [3.8, 4) is 0 Å². The molecule has 0 saturated heterocycles. The van der Waals surface area contributed by atoms with Gasteiger partial charge in [0.05, 0.1) is 5.70 Å². The normalized spacial score (nSPS) is 15.5. The Hall–Kier alpha value is -1.19. The molecule has 2 N–H and O–H groups in total. The number of hydrogen-bond acceptors (Lipinski definition) is 3. The lowest BCUT2D eigenvalue weighted by Crippen LogP contribution is -2.33. The summed E-state index contributed by atoms with van der Waals surface area (Å²) in [5.41, 5.74) is 8.08. The molecular weight excluding hydrogens is 186 g/mol. The summed E-state index contributed by atoms with van der Waals surface area (Å²) in [4.78, 5) is 0. The first-order valence-electron chi connectivity index (χ1n) is 3.98. The minimum Gasteiger partial charge on any atom is -0.309 e. The average molecular weight is 196 g/mol. The third-order valence-electron chi connectivity index (χ3n) is 1.94. The van der Waals surface area contributed by atoms with Crippen molar-refractivity contribution in [1.29, 1.82) is 0 Å². The molecule has 1 aliphatic rings. The molecule has 3 nitrogen and oxygen atoms in total. The molecule has 0 aromatic heterocycles. The molecule has 4 heteroatoms. The van der Waals surface area contributed by atoms with Crippen LogP contribution < -0.4 is 11.0 Å². The highest BCUT2D eigenvalue weighted by Gasteiger charge is 2.10. The van der Waals surface area contributed by atoms with Gasteiger partial charge in [0, 0.05) is 23.8 Å². The SMILES string of the molecule is CN1NNC=C1c1ccc(Cl)cc1. The standard InChI is InChI=1S/C9H10ClN3/c1-13-9(6-11-12-13)7-2-4-8(10)5-3-7/h2-6,11-12H,1H3. The van der Waals surface area contributed by atoms with Crippen molar-refractivity contribution in [3.63, 3.8) is 0 Å². The molecule has 0 fully saturated rings. The Labute approximate surface area is 81.9 Å². The molecule has 68 valence electrons. The lowest BCUT2D eigenvalue weighted by molar-refractivity contribution is 0.344. The second-order valence-corrected chi connectivity index (χ2v) is 3.29. The minimum atomic E-state index is 0.755. The van der Waals surface area contributed by atoms with Crippen molar-refractivity contribution in [3.05, 3.63) is 41.1 Å². The average Bonchev–Trinajstić information content (AvgIpc) is 2.53. The van der Waals surface area contributed by atoms with E-state index in [-0.39, 0.29) is 0 Å². The Morgan fingerprint density at radius 1 is 1.23 bits per heavy atom. The summed E-state index contributed by atoms with van der Waals surface area (Å²) in [5.74, 6) is 0. The topological polar surface area (TPSA) is 27.3 Å². The summed E-state index contributed by atoms with van der Waals surface area (Å²) in [5, 5.41) is 2.66. The third-order valence-corrected chi connectivity index (χ3v) is 2.19. The number of benzene rings is 1. The summed E-state index contributed by atoms with van der Waals surface area (Å²) in [6, 6.07) is 7.73. The number of halogens is 1. The molecule has 0 bridgehead atoms. The second-order valence-electron chi connectivity index (χ2n) is 2.85. The summed E-state index contributed by atoms with van der Waals surface area (Å²) < 4.78 is 0. The first-order chi connectivity index (χ1) is 6.27. The molecular formula is C9H10ClN3. The molecule has 1 aliphatic heterocycles. The van der Waals surface area contributed by atoms with Crippen LogP contribution in [0.3, 0.4) is 0 Å². The van der Waals surface area contributed by atoms with Crippen LogP contribution >= 0.6 is 11.6 Å². The van der Waals surface area contributed by atoms with E-state index in [0.717, 1.165) is 16.3 Å². The fourth-order valence-electron chi connectivity index (χ4n) is 1.25. The second kappa shape index (κ2) is 3.28. The molecule has 2 rings (SSSR count). The van der Waals surface area contributed by atoms with E-state index < -0.39 is 0 Å². The van der Waals surface area contributed by atoms with Crippen LogP contribution in [0.15, 0.2) is 30.5 Å². The number of hydrogen-bond donors (Lipinski definition) is 2. The van der Waals surface area contributed by atoms with Gasteiger partial charge >= 0.3 is 0 Å². The third kappa shape index (κ3) is 1.61. The van der Waals surface area contributed by atoms with E-state index >= 15 is 0 Å². The number of hydrazine groups is 2. The van der Waals surface area contributed by atoms with E-state index in [1.54, 1.807) is 0 Å². The van der Waals surface area contributed by atoms with Gasteiger partial charge in [-0.1, -0.05) is 23.7 Å². The van der Waals surface area contributed by atoms with Gasteiger partial charge in [0.1, 0.15) is 0 Å². The highest BCUT2D eigenvalue weighted by molar-refractivity contribution is 6.30. The van der Waals surface area contributed by atoms with Crippen molar-refractivity contribution in [2.45, 2.75) is 0 Å². The van der Waals surface area contributed by atoms with Crippen LogP contribution in [0.4, 0.5) is 0 Å². The van der Waals surface area contributed by atoms with E-state index in [9.17, 15) is 0 Å². The lowest BCUT2D eigenvalue weighted by Gasteiger charge is -2.14. The molecule has 0 radical (unpaired) electrons. The van der Waals surface area contributed by atoms with E-state index in [1.807, 2.05) is 42.5 Å². The van der Waals surface area contributed by atoms with Crippen molar-refractivity contribution in [1.82, 2.24) is 16.0 Å². The minimum absolute atomic E-state index is 0.755. The van der Waals surface area contributed by atoms with Crippen molar-refractivity contribution in [2.24, 2.45) is 0 Å². The number of nitrogens with zero attached hydrogens (tertiary/aromatic N) is 1. The maximum Gasteiger partial charge on any atom is 0.0778 e. The van der Waals surface area contributed by atoms with Gasteiger partial charge in [0.2, 0.25) is 0 Å². The predicted octanol–water partition coefficient (Wildman–Crippen LogP) is 1.59. The fraction of sp³-hybridized carbons (Fsp3) is 0.111. The van der Waals surface area contributed by atoms with Crippen LogP contribution in [-0.4, -0.2) is 12.1 Å². The van der Waals surface area contributed by atoms with E-state index in [1.165, 1.54) is 0 Å². The summed E-state index contributed by atoms with van der Waals surface area (Å²) in [7, 11) is 1.94. The molecule has 1 aromatic rings. The molecule has 13 heavy (non-hydrogen) atoms. The smallest absolute Gasteiger partial charge is 0.0778 e. The Kier molecular flexibility index (Phi) is 2.12. The van der Waals surface area contributed by atoms with Crippen LogP contribution in [0.5, 0.6) is 0 Å². The Bertz CT molecular complexity index is 331.